The Hall–Kier alpha value is 0.150. The summed E-state index contributed by atoms with van der Waals surface area (Å²) >= 11 is 5.52. The van der Waals surface area contributed by atoms with E-state index < -0.39 is 0 Å². The van der Waals surface area contributed by atoms with Gasteiger partial charge in [-0.3, -0.25) is 4.79 Å². The van der Waals surface area contributed by atoms with Crippen molar-refractivity contribution in [3.8, 4) is 0 Å². The molecule has 0 heterocycles. The van der Waals surface area contributed by atoms with Crippen LogP contribution in [0.25, 0.3) is 0 Å². The van der Waals surface area contributed by atoms with Crippen LogP contribution < -0.4 is 11.1 Å². The molecule has 0 saturated carbocycles. The van der Waals surface area contributed by atoms with E-state index in [1.165, 1.54) is 0 Å². The number of carbonyl (C=O) groups is 1. The summed E-state index contributed by atoms with van der Waals surface area (Å²) in [5, 5.41) is 2.88. The van der Waals surface area contributed by atoms with Gasteiger partial charge in [-0.05, 0) is 60.2 Å². The van der Waals surface area contributed by atoms with Crippen LogP contribution in [0, 0.1) is 3.57 Å². The highest BCUT2D eigenvalue weighted by Gasteiger charge is 2.09. The van der Waals surface area contributed by atoms with Crippen LogP contribution in [0.5, 0.6) is 0 Å². The summed E-state index contributed by atoms with van der Waals surface area (Å²) in [4.78, 5) is 11.8. The van der Waals surface area contributed by atoms with Crippen LogP contribution in [-0.2, 0) is 0 Å². The van der Waals surface area contributed by atoms with E-state index in [1.54, 1.807) is 0 Å². The third kappa shape index (κ3) is 6.03. The molecule has 0 saturated heterocycles. The molecule has 0 radical (unpaired) electrons. The van der Waals surface area contributed by atoms with Gasteiger partial charge in [0.25, 0.3) is 5.91 Å². The van der Waals surface area contributed by atoms with Gasteiger partial charge in [0.05, 0.1) is 5.56 Å². The lowest BCUT2D eigenvalue weighted by molar-refractivity contribution is 0.0952. The maximum atomic E-state index is 11.8. The fraction of sp³-hybridized carbons (Fsp3) is 0.364. The molecule has 0 spiro atoms. The van der Waals surface area contributed by atoms with Gasteiger partial charge in [-0.15, -0.1) is 12.4 Å². The van der Waals surface area contributed by atoms with Crippen LogP contribution in [0.1, 0.15) is 23.2 Å². The quantitative estimate of drug-likeness (QED) is 0.554. The van der Waals surface area contributed by atoms with Crippen LogP contribution in [0.3, 0.4) is 0 Å². The monoisotopic (exact) mass is 432 g/mol. The Morgan fingerprint density at radius 1 is 1.41 bits per heavy atom. The van der Waals surface area contributed by atoms with E-state index in [0.29, 0.717) is 18.7 Å². The first kappa shape index (κ1) is 17.2. The number of carbonyl (C=O) groups excluding carboxylic acids is 1. The molecule has 1 aromatic rings. The summed E-state index contributed by atoms with van der Waals surface area (Å²) < 4.78 is 1.87. The van der Waals surface area contributed by atoms with Gasteiger partial charge in [0.15, 0.2) is 0 Å². The molecule has 0 unspecified atom stereocenters. The molecule has 17 heavy (non-hydrogen) atoms. The summed E-state index contributed by atoms with van der Waals surface area (Å²) in [7, 11) is 0. The average Bonchev–Trinajstić information content (AvgIpc) is 2.27. The lowest BCUT2D eigenvalue weighted by Gasteiger charge is -2.06. The molecule has 0 aliphatic heterocycles. The van der Waals surface area contributed by atoms with Gasteiger partial charge >= 0.3 is 0 Å². The zero-order chi connectivity index (χ0) is 12.0. The third-order valence-corrected chi connectivity index (χ3v) is 3.52. The minimum atomic E-state index is -0.0253. The Morgan fingerprint density at radius 2 is 2.12 bits per heavy atom. The number of hydrogen-bond donors (Lipinski definition) is 2. The molecule has 0 fully saturated rings. The van der Waals surface area contributed by atoms with Crippen LogP contribution in [0.15, 0.2) is 22.7 Å². The summed E-state index contributed by atoms with van der Waals surface area (Å²) in [6.45, 7) is 1.35. The van der Waals surface area contributed by atoms with Gasteiger partial charge in [-0.1, -0.05) is 15.9 Å². The Kier molecular flexibility index (Phi) is 9.21. The summed E-state index contributed by atoms with van der Waals surface area (Å²) in [5.41, 5.74) is 6.09. The minimum Gasteiger partial charge on any atom is -0.352 e. The maximum Gasteiger partial charge on any atom is 0.252 e. The van der Waals surface area contributed by atoms with Crippen molar-refractivity contribution >= 4 is 56.8 Å². The highest BCUT2D eigenvalue weighted by Crippen LogP contribution is 2.18. The normalized spacial score (nSPS) is 9.59. The van der Waals surface area contributed by atoms with Gasteiger partial charge in [0, 0.05) is 14.6 Å². The average molecular weight is 434 g/mol. The van der Waals surface area contributed by atoms with Crippen LogP contribution in [0.2, 0.25) is 0 Å². The van der Waals surface area contributed by atoms with Crippen molar-refractivity contribution in [1.82, 2.24) is 5.32 Å². The van der Waals surface area contributed by atoms with E-state index in [2.05, 4.69) is 43.8 Å². The topological polar surface area (TPSA) is 55.1 Å². The molecule has 1 aromatic carbocycles. The van der Waals surface area contributed by atoms with Gasteiger partial charge < -0.3 is 11.1 Å². The summed E-state index contributed by atoms with van der Waals surface area (Å²) in [6.07, 6.45) is 1.86. The van der Waals surface area contributed by atoms with Crippen molar-refractivity contribution in [2.75, 3.05) is 13.1 Å². The van der Waals surface area contributed by atoms with E-state index in [9.17, 15) is 4.79 Å². The van der Waals surface area contributed by atoms with Crippen molar-refractivity contribution in [3.05, 3.63) is 31.8 Å². The van der Waals surface area contributed by atoms with Gasteiger partial charge in [0.2, 0.25) is 0 Å². The smallest absolute Gasteiger partial charge is 0.252 e. The van der Waals surface area contributed by atoms with E-state index >= 15 is 0 Å². The number of rotatable bonds is 5. The highest BCUT2D eigenvalue weighted by molar-refractivity contribution is 14.1. The molecule has 0 bridgehead atoms. The lowest BCUT2D eigenvalue weighted by Crippen LogP contribution is -2.25. The van der Waals surface area contributed by atoms with E-state index in [4.69, 9.17) is 5.73 Å². The molecule has 0 aliphatic carbocycles. The van der Waals surface area contributed by atoms with Crippen LogP contribution >= 0.6 is 50.9 Å². The fourth-order valence-corrected chi connectivity index (χ4v) is 2.18. The maximum absolute atomic E-state index is 11.8. The van der Waals surface area contributed by atoms with Crippen LogP contribution in [-0.4, -0.2) is 19.0 Å². The Balaban J connectivity index is 0.00000256. The molecule has 1 rings (SSSR count). The molecule has 3 N–H and O–H groups in total. The van der Waals surface area contributed by atoms with Crippen molar-refractivity contribution in [3.63, 3.8) is 0 Å². The standard InChI is InChI=1S/C11H14BrIN2O.ClH/c12-8-3-4-10(13)9(7-8)11(16)15-6-2-1-5-14;/h3-4,7H,1-2,5-6,14H2,(H,15,16);1H. The molecule has 96 valence electrons. The molecule has 0 aromatic heterocycles. The fourth-order valence-electron chi connectivity index (χ4n) is 1.24. The van der Waals surface area contributed by atoms with E-state index in [-0.39, 0.29) is 18.3 Å². The molecular formula is C11H15BrClIN2O. The van der Waals surface area contributed by atoms with Gasteiger partial charge in [0.1, 0.15) is 0 Å². The molecule has 3 nitrogen and oxygen atoms in total. The number of hydrogen-bond acceptors (Lipinski definition) is 2. The predicted molar refractivity (Wildman–Crippen MR) is 84.7 cm³/mol. The minimum absolute atomic E-state index is 0. The zero-order valence-electron chi connectivity index (χ0n) is 9.21. The van der Waals surface area contributed by atoms with Crippen molar-refractivity contribution < 1.29 is 4.79 Å². The largest absolute Gasteiger partial charge is 0.352 e. The predicted octanol–water partition coefficient (Wildman–Crippen LogP) is 2.94. The van der Waals surface area contributed by atoms with Gasteiger partial charge in [-0.2, -0.15) is 0 Å². The van der Waals surface area contributed by atoms with Crippen molar-refractivity contribution in [2.45, 2.75) is 12.8 Å². The first-order valence-electron chi connectivity index (χ1n) is 5.08. The third-order valence-electron chi connectivity index (χ3n) is 2.09. The number of unbranched alkanes of at least 4 members (excludes halogenated alkanes) is 1. The number of nitrogens with one attached hydrogen (secondary N) is 1. The summed E-state index contributed by atoms with van der Waals surface area (Å²) in [5.74, 6) is -0.0253. The number of nitrogens with two attached hydrogens (primary N) is 1. The number of amides is 1. The molecule has 6 heteroatoms. The van der Waals surface area contributed by atoms with Crippen molar-refractivity contribution in [2.24, 2.45) is 5.73 Å². The Morgan fingerprint density at radius 3 is 2.76 bits per heavy atom. The van der Waals surface area contributed by atoms with E-state index in [0.717, 1.165) is 20.9 Å². The highest BCUT2D eigenvalue weighted by atomic mass is 127. The van der Waals surface area contributed by atoms with Gasteiger partial charge in [-0.25, -0.2) is 0 Å². The molecular weight excluding hydrogens is 418 g/mol. The number of benzene rings is 1. The Bertz CT molecular complexity index is 376. The summed E-state index contributed by atoms with van der Waals surface area (Å²) in [6, 6.07) is 5.67. The van der Waals surface area contributed by atoms with E-state index in [1.807, 2.05) is 18.2 Å². The zero-order valence-corrected chi connectivity index (χ0v) is 13.8. The molecule has 0 atom stereocenters. The molecule has 0 aliphatic rings. The van der Waals surface area contributed by atoms with Crippen LogP contribution in [0.4, 0.5) is 0 Å². The lowest BCUT2D eigenvalue weighted by atomic mass is 10.2. The first-order valence-corrected chi connectivity index (χ1v) is 6.95. The second kappa shape index (κ2) is 9.13. The first-order chi connectivity index (χ1) is 7.65. The second-order valence-electron chi connectivity index (χ2n) is 3.38. The van der Waals surface area contributed by atoms with Crippen molar-refractivity contribution in [1.29, 1.82) is 0 Å². The SMILES string of the molecule is Cl.NCCCCNC(=O)c1cc(Br)ccc1I. The number of halogens is 3. The second-order valence-corrected chi connectivity index (χ2v) is 5.45. The Labute approximate surface area is 130 Å². The molecule has 1 amide bonds.